The predicted octanol–water partition coefficient (Wildman–Crippen LogP) is 2.78. The molecule has 110 valence electrons. The molecule has 0 spiro atoms. The van der Waals surface area contributed by atoms with Gasteiger partial charge in [-0.3, -0.25) is 4.79 Å². The molecule has 4 unspecified atom stereocenters. The quantitative estimate of drug-likeness (QED) is 0.927. The number of amides is 1. The number of aryl methyl sites for hydroxylation is 1. The monoisotopic (exact) mass is 293 g/mol. The number of carbonyl (C=O) groups excluding carboxylic acids is 1. The first-order valence-corrected chi connectivity index (χ1v) is 8.43. The average molecular weight is 293 g/mol. The van der Waals surface area contributed by atoms with Crippen molar-refractivity contribution in [2.75, 3.05) is 13.6 Å². The highest BCUT2D eigenvalue weighted by molar-refractivity contribution is 7.10. The summed E-state index contributed by atoms with van der Waals surface area (Å²) in [4.78, 5) is 15.7. The first kappa shape index (κ1) is 14.1. The number of hydrogen-bond donors (Lipinski definition) is 1. The molecule has 1 amide bonds. The third kappa shape index (κ3) is 2.63. The van der Waals surface area contributed by atoms with E-state index in [1.807, 2.05) is 11.9 Å². The molecule has 3 rings (SSSR count). The third-order valence-corrected chi connectivity index (χ3v) is 6.00. The number of thiophene rings is 1. The summed E-state index contributed by atoms with van der Waals surface area (Å²) in [5.74, 6) is 1.17. The van der Waals surface area contributed by atoms with Crippen molar-refractivity contribution in [1.82, 2.24) is 4.90 Å². The largest absolute Gasteiger partial charge is 0.393 e. The van der Waals surface area contributed by atoms with Gasteiger partial charge in [-0.15, -0.1) is 11.3 Å². The summed E-state index contributed by atoms with van der Waals surface area (Å²) >= 11 is 1.78. The van der Waals surface area contributed by atoms with E-state index in [0.717, 1.165) is 25.7 Å². The van der Waals surface area contributed by atoms with Crippen molar-refractivity contribution in [3.63, 3.8) is 0 Å². The van der Waals surface area contributed by atoms with Crippen molar-refractivity contribution in [2.24, 2.45) is 11.8 Å². The van der Waals surface area contributed by atoms with Crippen molar-refractivity contribution < 1.29 is 9.90 Å². The van der Waals surface area contributed by atoms with Crippen LogP contribution in [0.3, 0.4) is 0 Å². The molecular weight excluding hydrogens is 270 g/mol. The molecule has 20 heavy (non-hydrogen) atoms. The molecule has 3 nitrogen and oxygen atoms in total. The second-order valence-electron chi connectivity index (χ2n) is 6.39. The highest BCUT2D eigenvalue weighted by Gasteiger charge is 2.46. The van der Waals surface area contributed by atoms with E-state index in [-0.39, 0.29) is 23.8 Å². The van der Waals surface area contributed by atoms with E-state index in [1.54, 1.807) is 11.3 Å². The number of aliphatic hydroxyl groups excluding tert-OH is 1. The van der Waals surface area contributed by atoms with Gasteiger partial charge >= 0.3 is 0 Å². The Balaban J connectivity index is 1.56. The number of aliphatic hydroxyl groups is 1. The lowest BCUT2D eigenvalue weighted by molar-refractivity contribution is -0.132. The van der Waals surface area contributed by atoms with E-state index in [9.17, 15) is 9.90 Å². The SMILES string of the molecule is Cc1ccsc1C1CC1C(=O)N(C)CC1CCCC1O. The molecule has 0 radical (unpaired) electrons. The fourth-order valence-corrected chi connectivity index (χ4v) is 4.59. The molecule has 1 heterocycles. The van der Waals surface area contributed by atoms with Crippen molar-refractivity contribution in [2.45, 2.75) is 44.6 Å². The normalized spacial score (nSPS) is 32.4. The zero-order valence-electron chi connectivity index (χ0n) is 12.2. The molecule has 0 aromatic carbocycles. The van der Waals surface area contributed by atoms with E-state index in [1.165, 1.54) is 10.4 Å². The van der Waals surface area contributed by atoms with Gasteiger partial charge in [0.2, 0.25) is 5.91 Å². The lowest BCUT2D eigenvalue weighted by atomic mass is 10.1. The van der Waals surface area contributed by atoms with Crippen LogP contribution in [-0.4, -0.2) is 35.6 Å². The maximum absolute atomic E-state index is 12.5. The molecule has 1 aromatic heterocycles. The Bertz CT molecular complexity index is 498. The van der Waals surface area contributed by atoms with Gasteiger partial charge in [0, 0.05) is 36.2 Å². The molecule has 0 bridgehead atoms. The zero-order valence-corrected chi connectivity index (χ0v) is 13.0. The van der Waals surface area contributed by atoms with Gasteiger partial charge in [-0.25, -0.2) is 0 Å². The summed E-state index contributed by atoms with van der Waals surface area (Å²) in [6, 6.07) is 2.14. The van der Waals surface area contributed by atoms with Crippen LogP contribution in [-0.2, 0) is 4.79 Å². The van der Waals surface area contributed by atoms with Gasteiger partial charge in [0.25, 0.3) is 0 Å². The van der Waals surface area contributed by atoms with Gasteiger partial charge in [0.1, 0.15) is 0 Å². The van der Waals surface area contributed by atoms with E-state index in [4.69, 9.17) is 0 Å². The van der Waals surface area contributed by atoms with Crippen LogP contribution in [0.5, 0.6) is 0 Å². The van der Waals surface area contributed by atoms with E-state index < -0.39 is 0 Å². The summed E-state index contributed by atoms with van der Waals surface area (Å²) in [7, 11) is 1.89. The molecule has 2 aliphatic rings. The molecule has 0 aliphatic heterocycles. The highest BCUT2D eigenvalue weighted by Crippen LogP contribution is 2.51. The topological polar surface area (TPSA) is 40.5 Å². The van der Waals surface area contributed by atoms with E-state index in [2.05, 4.69) is 18.4 Å². The van der Waals surface area contributed by atoms with Crippen LogP contribution >= 0.6 is 11.3 Å². The van der Waals surface area contributed by atoms with Crippen LogP contribution in [0.1, 0.15) is 42.0 Å². The Kier molecular flexibility index (Phi) is 3.87. The molecule has 4 heteroatoms. The molecule has 2 saturated carbocycles. The van der Waals surface area contributed by atoms with Crippen LogP contribution in [0.15, 0.2) is 11.4 Å². The molecule has 2 aliphatic carbocycles. The predicted molar refractivity (Wildman–Crippen MR) is 80.9 cm³/mol. The van der Waals surface area contributed by atoms with Crippen LogP contribution in [0.4, 0.5) is 0 Å². The zero-order chi connectivity index (χ0) is 14.3. The summed E-state index contributed by atoms with van der Waals surface area (Å²) in [5, 5.41) is 12.0. The Hall–Kier alpha value is -0.870. The summed E-state index contributed by atoms with van der Waals surface area (Å²) in [6.45, 7) is 2.84. The minimum absolute atomic E-state index is 0.177. The van der Waals surface area contributed by atoms with E-state index in [0.29, 0.717) is 12.5 Å². The molecule has 1 N–H and O–H groups in total. The van der Waals surface area contributed by atoms with Gasteiger partial charge in [0.05, 0.1) is 6.10 Å². The Morgan fingerprint density at radius 1 is 1.50 bits per heavy atom. The smallest absolute Gasteiger partial charge is 0.226 e. The van der Waals surface area contributed by atoms with Crippen LogP contribution in [0.25, 0.3) is 0 Å². The van der Waals surface area contributed by atoms with Crippen LogP contribution < -0.4 is 0 Å². The second kappa shape index (κ2) is 5.49. The Morgan fingerprint density at radius 2 is 2.30 bits per heavy atom. The minimum Gasteiger partial charge on any atom is -0.393 e. The van der Waals surface area contributed by atoms with Crippen LogP contribution in [0, 0.1) is 18.8 Å². The average Bonchev–Trinajstić information content (AvgIpc) is 2.94. The fourth-order valence-electron chi connectivity index (χ4n) is 3.48. The number of nitrogens with zero attached hydrogens (tertiary/aromatic N) is 1. The first-order valence-electron chi connectivity index (χ1n) is 7.55. The molecule has 1 aromatic rings. The summed E-state index contributed by atoms with van der Waals surface area (Å²) in [5.41, 5.74) is 1.32. The molecule has 2 fully saturated rings. The van der Waals surface area contributed by atoms with Crippen molar-refractivity contribution in [3.05, 3.63) is 21.9 Å². The van der Waals surface area contributed by atoms with Crippen molar-refractivity contribution in [3.8, 4) is 0 Å². The summed E-state index contributed by atoms with van der Waals surface area (Å²) in [6.07, 6.45) is 3.83. The number of rotatable bonds is 4. The fraction of sp³-hybridized carbons (Fsp3) is 0.688. The summed E-state index contributed by atoms with van der Waals surface area (Å²) < 4.78 is 0. The van der Waals surface area contributed by atoms with Gasteiger partial charge in [-0.05, 0) is 43.2 Å². The lowest BCUT2D eigenvalue weighted by Gasteiger charge is -2.23. The van der Waals surface area contributed by atoms with E-state index >= 15 is 0 Å². The Morgan fingerprint density at radius 3 is 2.90 bits per heavy atom. The van der Waals surface area contributed by atoms with Crippen molar-refractivity contribution in [1.29, 1.82) is 0 Å². The number of carbonyl (C=O) groups is 1. The van der Waals surface area contributed by atoms with Crippen LogP contribution in [0.2, 0.25) is 0 Å². The first-order chi connectivity index (χ1) is 9.58. The minimum atomic E-state index is -0.209. The van der Waals surface area contributed by atoms with Gasteiger partial charge < -0.3 is 10.0 Å². The maximum atomic E-state index is 12.5. The van der Waals surface area contributed by atoms with Gasteiger partial charge in [0.15, 0.2) is 0 Å². The highest BCUT2D eigenvalue weighted by atomic mass is 32.1. The molecule has 4 atom stereocenters. The lowest BCUT2D eigenvalue weighted by Crippen LogP contribution is -2.35. The molecular formula is C16H23NO2S. The second-order valence-corrected chi connectivity index (χ2v) is 7.34. The van der Waals surface area contributed by atoms with Crippen molar-refractivity contribution >= 4 is 17.2 Å². The van der Waals surface area contributed by atoms with Gasteiger partial charge in [-0.1, -0.05) is 6.42 Å². The molecule has 0 saturated heterocycles. The standard InChI is InChI=1S/C16H23NO2S/c1-10-6-7-20-15(10)12-8-13(12)16(19)17(2)9-11-4-3-5-14(11)18/h6-7,11-14,18H,3-5,8-9H2,1-2H3. The third-order valence-electron chi connectivity index (χ3n) is 4.85. The van der Waals surface area contributed by atoms with Gasteiger partial charge in [-0.2, -0.15) is 0 Å². The maximum Gasteiger partial charge on any atom is 0.226 e. The number of hydrogen-bond acceptors (Lipinski definition) is 3. The Labute approximate surface area is 124 Å².